The number of carbonyl (C=O) groups is 1. The Morgan fingerprint density at radius 3 is 2.72 bits per heavy atom. The van der Waals surface area contributed by atoms with Crippen molar-refractivity contribution in [1.29, 1.82) is 0 Å². The van der Waals surface area contributed by atoms with Crippen LogP contribution in [0.5, 0.6) is 0 Å². The van der Waals surface area contributed by atoms with Gasteiger partial charge in [0.15, 0.2) is 6.17 Å². The number of nitrogens with zero attached hydrogens (tertiary/aromatic N) is 2. The van der Waals surface area contributed by atoms with Crippen LogP contribution in [0.1, 0.15) is 41.3 Å². The molecule has 0 saturated heterocycles. The van der Waals surface area contributed by atoms with Gasteiger partial charge in [-0.15, -0.1) is 0 Å². The number of aliphatic hydroxyl groups is 1. The lowest BCUT2D eigenvalue weighted by atomic mass is 9.70. The van der Waals surface area contributed by atoms with Gasteiger partial charge in [0.1, 0.15) is 5.15 Å². The number of halogens is 5. The molecule has 2 heterocycles. The van der Waals surface area contributed by atoms with Crippen molar-refractivity contribution < 1.29 is 27.5 Å². The van der Waals surface area contributed by atoms with Gasteiger partial charge in [-0.2, -0.15) is 13.2 Å². The fraction of sp³-hybridized carbons (Fsp3) is 0.400. The first kappa shape index (κ1) is 20.1. The summed E-state index contributed by atoms with van der Waals surface area (Å²) in [4.78, 5) is 18.3. The number of rotatable bonds is 2. The van der Waals surface area contributed by atoms with Crippen LogP contribution in [-0.2, 0) is 23.2 Å². The summed E-state index contributed by atoms with van der Waals surface area (Å²) >= 11 is 5.75. The van der Waals surface area contributed by atoms with Gasteiger partial charge in [0.2, 0.25) is 11.5 Å². The molecule has 1 amide bonds. The quantitative estimate of drug-likeness (QED) is 0.569. The molecule has 2 aliphatic rings. The number of pyridine rings is 1. The number of hydrogen-bond acceptors (Lipinski definition) is 3. The van der Waals surface area contributed by atoms with E-state index in [-0.39, 0.29) is 17.9 Å². The van der Waals surface area contributed by atoms with E-state index >= 15 is 0 Å². The summed E-state index contributed by atoms with van der Waals surface area (Å²) in [7, 11) is 0. The molecule has 0 fully saturated rings. The van der Waals surface area contributed by atoms with Gasteiger partial charge in [0.25, 0.3) is 0 Å². The van der Waals surface area contributed by atoms with Crippen molar-refractivity contribution in [2.75, 3.05) is 11.4 Å². The smallest absolute Gasteiger partial charge is 0.374 e. The van der Waals surface area contributed by atoms with E-state index in [4.69, 9.17) is 11.6 Å². The maximum absolute atomic E-state index is 14.3. The molecule has 0 spiro atoms. The predicted molar refractivity (Wildman–Crippen MR) is 98.5 cm³/mol. The van der Waals surface area contributed by atoms with E-state index in [2.05, 4.69) is 4.98 Å². The van der Waals surface area contributed by atoms with E-state index in [0.717, 1.165) is 0 Å². The highest BCUT2D eigenvalue weighted by Crippen LogP contribution is 2.60. The predicted octanol–water partition coefficient (Wildman–Crippen LogP) is 4.42. The highest BCUT2D eigenvalue weighted by atomic mass is 35.5. The Hall–Kier alpha value is -2.19. The molecule has 0 saturated carbocycles. The molecule has 1 aliphatic heterocycles. The third-order valence-corrected chi connectivity index (χ3v) is 5.77. The molecule has 4 rings (SSSR count). The summed E-state index contributed by atoms with van der Waals surface area (Å²) in [6, 6.07) is 5.71. The minimum absolute atomic E-state index is 0.0340. The summed E-state index contributed by atoms with van der Waals surface area (Å²) in [5.74, 6) is -0.266. The van der Waals surface area contributed by atoms with Crippen molar-refractivity contribution in [3.05, 3.63) is 57.9 Å². The van der Waals surface area contributed by atoms with Crippen molar-refractivity contribution in [2.45, 2.75) is 43.6 Å². The fourth-order valence-corrected chi connectivity index (χ4v) is 4.08. The molecule has 154 valence electrons. The zero-order valence-electron chi connectivity index (χ0n) is 15.1. The molecule has 1 unspecified atom stereocenters. The minimum Gasteiger partial charge on any atom is -0.374 e. The second-order valence-electron chi connectivity index (χ2n) is 7.36. The van der Waals surface area contributed by atoms with Gasteiger partial charge >= 0.3 is 6.18 Å². The molecule has 0 bridgehead atoms. The number of amides is 1. The van der Waals surface area contributed by atoms with Crippen LogP contribution >= 0.6 is 11.6 Å². The van der Waals surface area contributed by atoms with Crippen LogP contribution in [0.2, 0.25) is 5.15 Å². The van der Waals surface area contributed by atoms with E-state index in [1.54, 1.807) is 12.1 Å². The number of fused-ring (bicyclic) bond motifs is 2. The van der Waals surface area contributed by atoms with Crippen LogP contribution < -0.4 is 4.90 Å². The van der Waals surface area contributed by atoms with Gasteiger partial charge in [0.05, 0.1) is 6.42 Å². The van der Waals surface area contributed by atoms with Crippen LogP contribution in [0, 0.1) is 0 Å². The molecule has 1 aliphatic carbocycles. The van der Waals surface area contributed by atoms with Gasteiger partial charge in [-0.3, -0.25) is 4.79 Å². The van der Waals surface area contributed by atoms with Gasteiger partial charge in [-0.05, 0) is 54.2 Å². The molecular formula is C20H17ClF4N2O2. The Balaban J connectivity index is 1.69. The fourth-order valence-electron chi connectivity index (χ4n) is 3.97. The molecule has 9 heteroatoms. The van der Waals surface area contributed by atoms with Crippen molar-refractivity contribution in [3.8, 4) is 0 Å². The minimum atomic E-state index is -5.12. The standard InChI is InChI=1S/C20H17ClF4N2O2/c21-16-5-4-11(10-26-16)7-17(28)27-6-2-1-3-12-8-14-13(9-15(12)27)18(22)19(14,29)20(23,24)25/h4-5,8-10,18,29H,1-3,6-7H2/t18-,19?/m1/s1. The first-order chi connectivity index (χ1) is 13.6. The zero-order valence-corrected chi connectivity index (χ0v) is 15.9. The summed E-state index contributed by atoms with van der Waals surface area (Å²) < 4.78 is 54.0. The first-order valence-electron chi connectivity index (χ1n) is 9.14. The highest BCUT2D eigenvalue weighted by molar-refractivity contribution is 6.29. The van der Waals surface area contributed by atoms with E-state index in [0.29, 0.717) is 47.8 Å². The average molecular weight is 429 g/mol. The number of hydrogen-bond donors (Lipinski definition) is 1. The third-order valence-electron chi connectivity index (χ3n) is 5.55. The largest absolute Gasteiger partial charge is 0.424 e. The van der Waals surface area contributed by atoms with E-state index in [1.165, 1.54) is 23.2 Å². The number of aryl methyl sites for hydroxylation is 1. The van der Waals surface area contributed by atoms with Gasteiger partial charge in [-0.1, -0.05) is 17.7 Å². The molecule has 29 heavy (non-hydrogen) atoms. The molecule has 4 nitrogen and oxygen atoms in total. The Labute approximate surface area is 169 Å². The van der Waals surface area contributed by atoms with Gasteiger partial charge in [-0.25, -0.2) is 9.37 Å². The Morgan fingerprint density at radius 2 is 2.07 bits per heavy atom. The van der Waals surface area contributed by atoms with E-state index < -0.39 is 23.5 Å². The van der Waals surface area contributed by atoms with Crippen molar-refractivity contribution >= 4 is 23.2 Å². The van der Waals surface area contributed by atoms with Gasteiger partial charge in [0, 0.05) is 24.0 Å². The normalized spacial score (nSPS) is 23.7. The summed E-state index contributed by atoms with van der Waals surface area (Å²) in [6.45, 7) is 0.381. The molecule has 2 aromatic rings. The van der Waals surface area contributed by atoms with Crippen molar-refractivity contribution in [1.82, 2.24) is 4.98 Å². The molecule has 1 N–H and O–H groups in total. The monoisotopic (exact) mass is 428 g/mol. The van der Waals surface area contributed by atoms with E-state index in [9.17, 15) is 27.5 Å². The Bertz CT molecular complexity index is 964. The maximum Gasteiger partial charge on any atom is 0.424 e. The Morgan fingerprint density at radius 1 is 1.31 bits per heavy atom. The van der Waals surface area contributed by atoms with Crippen LogP contribution in [0.25, 0.3) is 0 Å². The highest BCUT2D eigenvalue weighted by Gasteiger charge is 2.68. The molecule has 2 atom stereocenters. The van der Waals surface area contributed by atoms with Crippen molar-refractivity contribution in [3.63, 3.8) is 0 Å². The van der Waals surface area contributed by atoms with Crippen LogP contribution in [-0.4, -0.2) is 28.7 Å². The lowest BCUT2D eigenvalue weighted by Gasteiger charge is -2.44. The van der Waals surface area contributed by atoms with E-state index in [1.807, 2.05) is 0 Å². The third kappa shape index (κ3) is 3.18. The van der Waals surface area contributed by atoms with Crippen LogP contribution in [0.4, 0.5) is 23.2 Å². The summed E-state index contributed by atoms with van der Waals surface area (Å²) in [6.07, 6.45) is -4.41. The molecule has 1 aromatic carbocycles. The molecule has 0 radical (unpaired) electrons. The number of benzene rings is 1. The van der Waals surface area contributed by atoms with Crippen LogP contribution in [0.15, 0.2) is 30.5 Å². The second-order valence-corrected chi connectivity index (χ2v) is 7.75. The molecular weight excluding hydrogens is 412 g/mol. The lowest BCUT2D eigenvalue weighted by Crippen LogP contribution is -2.53. The zero-order chi connectivity index (χ0) is 21.0. The average Bonchev–Trinajstić information content (AvgIpc) is 2.89. The SMILES string of the molecule is O=C(Cc1ccc(Cl)nc1)N1CCCCc2cc3c(cc21)[C@@H](F)C3(O)C(F)(F)F. The summed E-state index contributed by atoms with van der Waals surface area (Å²) in [5.41, 5.74) is -2.64. The number of anilines is 1. The van der Waals surface area contributed by atoms with Gasteiger partial charge < -0.3 is 10.0 Å². The molecule has 1 aromatic heterocycles. The number of carbonyl (C=O) groups excluding carboxylic acids is 1. The number of alkyl halides is 4. The second kappa shape index (κ2) is 6.95. The Kier molecular flexibility index (Phi) is 4.82. The lowest BCUT2D eigenvalue weighted by molar-refractivity contribution is -0.302. The summed E-state index contributed by atoms with van der Waals surface area (Å²) in [5, 5.41) is 10.2. The number of aromatic nitrogens is 1. The maximum atomic E-state index is 14.3. The first-order valence-corrected chi connectivity index (χ1v) is 9.52. The van der Waals surface area contributed by atoms with Crippen LogP contribution in [0.3, 0.4) is 0 Å². The topological polar surface area (TPSA) is 53.4 Å². The van der Waals surface area contributed by atoms with Crippen molar-refractivity contribution in [2.24, 2.45) is 0 Å².